The highest BCUT2D eigenvalue weighted by atomic mass is 16.2. The molecule has 2 unspecified atom stereocenters. The summed E-state index contributed by atoms with van der Waals surface area (Å²) in [6.07, 6.45) is 3.48. The zero-order chi connectivity index (χ0) is 17.5. The molecule has 6 heteroatoms. The van der Waals surface area contributed by atoms with Crippen molar-refractivity contribution in [2.45, 2.75) is 32.4 Å². The Balaban J connectivity index is 2.07. The third-order valence-electron chi connectivity index (χ3n) is 3.85. The standard InChI is InChI=1S/C18H22N4O2/c1-12-5-3-4-6-15(12)16(22-18(19)24)11-17(23)21-13(2)14-7-9-20-10-8-14/h3-10,13,16H,11H2,1-2H3,(H,21,23)(H3,19,22,24). The Labute approximate surface area is 141 Å². The van der Waals surface area contributed by atoms with Gasteiger partial charge in [0.1, 0.15) is 0 Å². The van der Waals surface area contributed by atoms with Crippen LogP contribution in [0, 0.1) is 6.92 Å². The Kier molecular flexibility index (Phi) is 5.89. The van der Waals surface area contributed by atoms with Gasteiger partial charge < -0.3 is 16.4 Å². The molecule has 0 saturated heterocycles. The maximum absolute atomic E-state index is 12.4. The van der Waals surface area contributed by atoms with Crippen LogP contribution in [0.1, 0.15) is 42.1 Å². The molecule has 1 aromatic carbocycles. The molecule has 1 aromatic heterocycles. The number of nitrogens with one attached hydrogen (secondary N) is 2. The van der Waals surface area contributed by atoms with Gasteiger partial charge in [-0.05, 0) is 42.7 Å². The fourth-order valence-electron chi connectivity index (χ4n) is 2.61. The van der Waals surface area contributed by atoms with Crippen LogP contribution in [-0.4, -0.2) is 16.9 Å². The minimum Gasteiger partial charge on any atom is -0.352 e. The Morgan fingerprint density at radius 1 is 1.12 bits per heavy atom. The van der Waals surface area contributed by atoms with Gasteiger partial charge in [-0.3, -0.25) is 9.78 Å². The SMILES string of the molecule is Cc1ccccc1C(CC(=O)NC(C)c1ccncc1)NC(N)=O. The van der Waals surface area contributed by atoms with Crippen molar-refractivity contribution in [2.75, 3.05) is 0 Å². The summed E-state index contributed by atoms with van der Waals surface area (Å²) >= 11 is 0. The van der Waals surface area contributed by atoms with Gasteiger partial charge in [-0.2, -0.15) is 0 Å². The van der Waals surface area contributed by atoms with E-state index in [1.54, 1.807) is 12.4 Å². The molecule has 1 heterocycles. The van der Waals surface area contributed by atoms with Crippen LogP contribution >= 0.6 is 0 Å². The lowest BCUT2D eigenvalue weighted by atomic mass is 9.98. The van der Waals surface area contributed by atoms with Crippen LogP contribution in [0.4, 0.5) is 4.79 Å². The lowest BCUT2D eigenvalue weighted by Crippen LogP contribution is -2.37. The van der Waals surface area contributed by atoms with Crippen molar-refractivity contribution in [2.24, 2.45) is 5.73 Å². The largest absolute Gasteiger partial charge is 0.352 e. The van der Waals surface area contributed by atoms with Gasteiger partial charge >= 0.3 is 6.03 Å². The topological polar surface area (TPSA) is 97.1 Å². The molecule has 24 heavy (non-hydrogen) atoms. The average molecular weight is 326 g/mol. The van der Waals surface area contributed by atoms with E-state index in [0.717, 1.165) is 16.7 Å². The molecular weight excluding hydrogens is 304 g/mol. The van der Waals surface area contributed by atoms with E-state index in [9.17, 15) is 9.59 Å². The molecule has 2 atom stereocenters. The lowest BCUT2D eigenvalue weighted by molar-refractivity contribution is -0.122. The van der Waals surface area contributed by atoms with E-state index in [1.165, 1.54) is 0 Å². The minimum absolute atomic E-state index is 0.114. The van der Waals surface area contributed by atoms with Crippen LogP contribution in [0.15, 0.2) is 48.8 Å². The summed E-state index contributed by atoms with van der Waals surface area (Å²) in [5.74, 6) is -0.165. The predicted octanol–water partition coefficient (Wildman–Crippen LogP) is 2.37. The van der Waals surface area contributed by atoms with E-state index < -0.39 is 12.1 Å². The molecule has 0 fully saturated rings. The summed E-state index contributed by atoms with van der Waals surface area (Å²) in [5.41, 5.74) is 8.10. The Hall–Kier alpha value is -2.89. The number of carbonyl (C=O) groups excluding carboxylic acids is 2. The number of aromatic nitrogens is 1. The van der Waals surface area contributed by atoms with Crippen molar-refractivity contribution < 1.29 is 9.59 Å². The first-order valence-corrected chi connectivity index (χ1v) is 7.78. The number of hydrogen-bond acceptors (Lipinski definition) is 3. The van der Waals surface area contributed by atoms with E-state index >= 15 is 0 Å². The third-order valence-corrected chi connectivity index (χ3v) is 3.85. The monoisotopic (exact) mass is 326 g/mol. The molecule has 2 rings (SSSR count). The zero-order valence-corrected chi connectivity index (χ0v) is 13.8. The van der Waals surface area contributed by atoms with Crippen molar-refractivity contribution in [1.82, 2.24) is 15.6 Å². The number of urea groups is 1. The smallest absolute Gasteiger partial charge is 0.312 e. The molecular formula is C18H22N4O2. The fraction of sp³-hybridized carbons (Fsp3) is 0.278. The van der Waals surface area contributed by atoms with Gasteiger partial charge in [0.15, 0.2) is 0 Å². The summed E-state index contributed by atoms with van der Waals surface area (Å²) in [6.45, 7) is 3.83. The summed E-state index contributed by atoms with van der Waals surface area (Å²) in [4.78, 5) is 27.6. The summed E-state index contributed by atoms with van der Waals surface area (Å²) in [6, 6.07) is 10.0. The van der Waals surface area contributed by atoms with Crippen LogP contribution in [0.3, 0.4) is 0 Å². The number of nitrogens with two attached hydrogens (primary N) is 1. The summed E-state index contributed by atoms with van der Waals surface area (Å²) in [5, 5.41) is 5.58. The molecule has 0 saturated carbocycles. The highest BCUT2D eigenvalue weighted by molar-refractivity contribution is 5.79. The number of primary amides is 1. The van der Waals surface area contributed by atoms with E-state index in [2.05, 4.69) is 15.6 Å². The molecule has 3 amide bonds. The number of pyridine rings is 1. The molecule has 0 aliphatic rings. The molecule has 4 N–H and O–H groups in total. The second kappa shape index (κ2) is 8.10. The number of benzene rings is 1. The van der Waals surface area contributed by atoms with Crippen molar-refractivity contribution >= 4 is 11.9 Å². The fourth-order valence-corrected chi connectivity index (χ4v) is 2.61. The van der Waals surface area contributed by atoms with Crippen molar-refractivity contribution in [3.63, 3.8) is 0 Å². The van der Waals surface area contributed by atoms with Gasteiger partial charge in [0.2, 0.25) is 5.91 Å². The Bertz CT molecular complexity index is 703. The molecule has 0 spiro atoms. The molecule has 0 aliphatic carbocycles. The maximum atomic E-state index is 12.4. The maximum Gasteiger partial charge on any atom is 0.312 e. The van der Waals surface area contributed by atoms with Gasteiger partial charge in [0, 0.05) is 12.4 Å². The normalized spacial score (nSPS) is 12.9. The summed E-state index contributed by atoms with van der Waals surface area (Å²) in [7, 11) is 0. The third kappa shape index (κ3) is 4.81. The number of amides is 3. The van der Waals surface area contributed by atoms with Crippen molar-refractivity contribution in [3.05, 3.63) is 65.5 Å². The predicted molar refractivity (Wildman–Crippen MR) is 92.1 cm³/mol. The average Bonchev–Trinajstić information content (AvgIpc) is 2.55. The highest BCUT2D eigenvalue weighted by Crippen LogP contribution is 2.21. The second-order valence-electron chi connectivity index (χ2n) is 5.69. The first-order chi connectivity index (χ1) is 11.5. The highest BCUT2D eigenvalue weighted by Gasteiger charge is 2.20. The van der Waals surface area contributed by atoms with Crippen LogP contribution in [0.5, 0.6) is 0 Å². The molecule has 126 valence electrons. The quantitative estimate of drug-likeness (QED) is 0.760. The van der Waals surface area contributed by atoms with E-state index in [4.69, 9.17) is 5.73 Å². The molecule has 6 nitrogen and oxygen atoms in total. The first kappa shape index (κ1) is 17.5. The van der Waals surface area contributed by atoms with Gasteiger partial charge in [-0.15, -0.1) is 0 Å². The van der Waals surface area contributed by atoms with Gasteiger partial charge in [-0.1, -0.05) is 24.3 Å². The number of rotatable bonds is 6. The van der Waals surface area contributed by atoms with Gasteiger partial charge in [-0.25, -0.2) is 4.79 Å². The molecule has 0 bridgehead atoms. The Morgan fingerprint density at radius 2 is 1.79 bits per heavy atom. The first-order valence-electron chi connectivity index (χ1n) is 7.78. The van der Waals surface area contributed by atoms with Crippen molar-refractivity contribution in [3.8, 4) is 0 Å². The summed E-state index contributed by atoms with van der Waals surface area (Å²) < 4.78 is 0. The number of nitrogens with zero attached hydrogens (tertiary/aromatic N) is 1. The molecule has 2 aromatic rings. The molecule has 0 aliphatic heterocycles. The number of aryl methyl sites for hydroxylation is 1. The molecule has 0 radical (unpaired) electrons. The number of carbonyl (C=O) groups is 2. The van der Waals surface area contributed by atoms with Crippen LogP contribution in [0.25, 0.3) is 0 Å². The lowest BCUT2D eigenvalue weighted by Gasteiger charge is -2.21. The minimum atomic E-state index is -0.654. The van der Waals surface area contributed by atoms with Crippen LogP contribution < -0.4 is 16.4 Å². The Morgan fingerprint density at radius 3 is 2.42 bits per heavy atom. The van der Waals surface area contributed by atoms with Crippen LogP contribution in [0.2, 0.25) is 0 Å². The van der Waals surface area contributed by atoms with E-state index in [-0.39, 0.29) is 18.4 Å². The van der Waals surface area contributed by atoms with E-state index in [1.807, 2.05) is 50.2 Å². The van der Waals surface area contributed by atoms with Gasteiger partial charge in [0.05, 0.1) is 18.5 Å². The van der Waals surface area contributed by atoms with Crippen molar-refractivity contribution in [1.29, 1.82) is 0 Å². The van der Waals surface area contributed by atoms with Gasteiger partial charge in [0.25, 0.3) is 0 Å². The second-order valence-corrected chi connectivity index (χ2v) is 5.69. The van der Waals surface area contributed by atoms with Crippen LogP contribution in [-0.2, 0) is 4.79 Å². The zero-order valence-electron chi connectivity index (χ0n) is 13.8. The number of hydrogen-bond donors (Lipinski definition) is 3. The van der Waals surface area contributed by atoms with E-state index in [0.29, 0.717) is 0 Å².